The van der Waals surface area contributed by atoms with Crippen molar-refractivity contribution in [2.75, 3.05) is 12.3 Å². The number of benzene rings is 1. The number of nitrogens with one attached hydrogen (secondary N) is 1. The van der Waals surface area contributed by atoms with Crippen molar-refractivity contribution >= 4 is 10.0 Å². The Bertz CT molecular complexity index is 485. The molecule has 0 bridgehead atoms. The van der Waals surface area contributed by atoms with Crippen molar-refractivity contribution in [3.63, 3.8) is 0 Å². The number of hydrogen-bond acceptors (Lipinski definition) is 3. The van der Waals surface area contributed by atoms with Gasteiger partial charge >= 0.3 is 0 Å². The third-order valence-electron chi connectivity index (χ3n) is 3.15. The van der Waals surface area contributed by atoms with Crippen LogP contribution in [0.2, 0.25) is 0 Å². The van der Waals surface area contributed by atoms with Crippen molar-refractivity contribution in [3.8, 4) is 0 Å². The molecule has 1 aromatic rings. The van der Waals surface area contributed by atoms with Gasteiger partial charge in [-0.05, 0) is 30.4 Å². The summed E-state index contributed by atoms with van der Waals surface area (Å²) in [6, 6.07) is 8.59. The maximum Gasteiger partial charge on any atom is 0.210 e. The molecule has 0 spiro atoms. The van der Waals surface area contributed by atoms with Gasteiger partial charge in [-0.3, -0.25) is 0 Å². The van der Waals surface area contributed by atoms with Crippen LogP contribution < -0.4 is 10.5 Å². The highest BCUT2D eigenvalue weighted by atomic mass is 32.2. The van der Waals surface area contributed by atoms with Crippen LogP contribution in [0.4, 0.5) is 0 Å². The van der Waals surface area contributed by atoms with Gasteiger partial charge in [0, 0.05) is 12.6 Å². The molecule has 0 aromatic heterocycles. The summed E-state index contributed by atoms with van der Waals surface area (Å²) in [5.41, 5.74) is 2.67. The average Bonchev–Trinajstić information content (AvgIpc) is 2.28. The second-order valence-electron chi connectivity index (χ2n) is 4.46. The maximum atomic E-state index is 10.9. The van der Waals surface area contributed by atoms with E-state index < -0.39 is 10.0 Å². The van der Waals surface area contributed by atoms with Gasteiger partial charge in [0.1, 0.15) is 0 Å². The first-order valence-corrected chi connectivity index (χ1v) is 7.59. The van der Waals surface area contributed by atoms with E-state index in [0.717, 1.165) is 19.3 Å². The van der Waals surface area contributed by atoms with Crippen molar-refractivity contribution < 1.29 is 8.42 Å². The fourth-order valence-corrected chi connectivity index (χ4v) is 2.74. The fourth-order valence-electron chi connectivity index (χ4n) is 2.34. The fraction of sp³-hybridized carbons (Fsp3) is 0.500. The molecule has 1 aliphatic rings. The lowest BCUT2D eigenvalue weighted by Gasteiger charge is -2.26. The van der Waals surface area contributed by atoms with E-state index in [0.29, 0.717) is 6.54 Å². The first-order valence-electron chi connectivity index (χ1n) is 5.88. The van der Waals surface area contributed by atoms with E-state index in [2.05, 4.69) is 17.4 Å². The highest BCUT2D eigenvalue weighted by Gasteiger charge is 2.19. The van der Waals surface area contributed by atoms with Crippen LogP contribution in [-0.2, 0) is 16.4 Å². The lowest BCUT2D eigenvalue weighted by molar-refractivity contribution is 0.470. The molecule has 0 radical (unpaired) electrons. The molecule has 0 fully saturated rings. The molecule has 17 heavy (non-hydrogen) atoms. The first kappa shape index (κ1) is 12.5. The maximum absolute atomic E-state index is 10.9. The van der Waals surface area contributed by atoms with Crippen LogP contribution in [0.1, 0.15) is 30.0 Å². The number of rotatable bonds is 4. The van der Waals surface area contributed by atoms with E-state index >= 15 is 0 Å². The minimum absolute atomic E-state index is 0.00827. The second kappa shape index (κ2) is 5.16. The minimum Gasteiger partial charge on any atom is -0.309 e. The topological polar surface area (TPSA) is 72.2 Å². The number of fused-ring (bicyclic) bond motifs is 1. The normalized spacial score (nSPS) is 19.9. The van der Waals surface area contributed by atoms with Gasteiger partial charge in [0.05, 0.1) is 5.75 Å². The van der Waals surface area contributed by atoms with E-state index in [1.54, 1.807) is 0 Å². The van der Waals surface area contributed by atoms with E-state index in [1.165, 1.54) is 11.1 Å². The zero-order valence-corrected chi connectivity index (χ0v) is 10.5. The predicted molar refractivity (Wildman–Crippen MR) is 68.1 cm³/mol. The van der Waals surface area contributed by atoms with Crippen LogP contribution in [0.15, 0.2) is 24.3 Å². The van der Waals surface area contributed by atoms with Gasteiger partial charge in [0.15, 0.2) is 0 Å². The average molecular weight is 254 g/mol. The Morgan fingerprint density at radius 3 is 2.88 bits per heavy atom. The van der Waals surface area contributed by atoms with Crippen molar-refractivity contribution in [1.29, 1.82) is 0 Å². The molecule has 1 aliphatic carbocycles. The summed E-state index contributed by atoms with van der Waals surface area (Å²) >= 11 is 0. The van der Waals surface area contributed by atoms with Crippen LogP contribution >= 0.6 is 0 Å². The lowest BCUT2D eigenvalue weighted by atomic mass is 9.88. The molecule has 2 rings (SSSR count). The van der Waals surface area contributed by atoms with Gasteiger partial charge in [0.25, 0.3) is 0 Å². The van der Waals surface area contributed by atoms with Gasteiger partial charge in [-0.2, -0.15) is 0 Å². The molecule has 0 amide bonds. The summed E-state index contributed by atoms with van der Waals surface area (Å²) in [5.74, 6) is -0.00827. The molecule has 5 heteroatoms. The number of sulfonamides is 1. The number of hydrogen-bond donors (Lipinski definition) is 2. The highest BCUT2D eigenvalue weighted by Crippen LogP contribution is 2.29. The molecule has 1 unspecified atom stereocenters. The smallest absolute Gasteiger partial charge is 0.210 e. The molecule has 0 heterocycles. The van der Waals surface area contributed by atoms with Crippen molar-refractivity contribution in [2.24, 2.45) is 5.14 Å². The molecule has 1 aromatic carbocycles. The molecular formula is C12H18N2O2S. The lowest BCUT2D eigenvalue weighted by Crippen LogP contribution is -2.31. The van der Waals surface area contributed by atoms with E-state index in [4.69, 9.17) is 5.14 Å². The predicted octanol–water partition coefficient (Wildman–Crippen LogP) is 0.942. The summed E-state index contributed by atoms with van der Waals surface area (Å²) in [7, 11) is -3.36. The number of aryl methyl sites for hydroxylation is 1. The van der Waals surface area contributed by atoms with E-state index in [-0.39, 0.29) is 11.8 Å². The molecule has 0 saturated carbocycles. The highest BCUT2D eigenvalue weighted by molar-refractivity contribution is 7.89. The third-order valence-corrected chi connectivity index (χ3v) is 3.92. The Labute approximate surface area is 102 Å². The zero-order valence-electron chi connectivity index (χ0n) is 9.72. The molecule has 1 atom stereocenters. The van der Waals surface area contributed by atoms with Crippen LogP contribution in [0.25, 0.3) is 0 Å². The Morgan fingerprint density at radius 1 is 1.35 bits per heavy atom. The van der Waals surface area contributed by atoms with Gasteiger partial charge in [-0.15, -0.1) is 0 Å². The molecule has 0 aliphatic heterocycles. The second-order valence-corrected chi connectivity index (χ2v) is 6.20. The number of primary sulfonamides is 1. The van der Waals surface area contributed by atoms with Crippen molar-refractivity contribution in [1.82, 2.24) is 5.32 Å². The summed E-state index contributed by atoms with van der Waals surface area (Å²) in [6.45, 7) is 0.415. The van der Waals surface area contributed by atoms with Gasteiger partial charge in [-0.25, -0.2) is 13.6 Å². The summed E-state index contributed by atoms with van der Waals surface area (Å²) in [6.07, 6.45) is 3.31. The van der Waals surface area contributed by atoms with Gasteiger partial charge in [0.2, 0.25) is 10.0 Å². The van der Waals surface area contributed by atoms with Gasteiger partial charge < -0.3 is 5.32 Å². The van der Waals surface area contributed by atoms with Crippen LogP contribution in [-0.4, -0.2) is 20.7 Å². The number of nitrogens with two attached hydrogens (primary N) is 1. The van der Waals surface area contributed by atoms with Crippen LogP contribution in [0.5, 0.6) is 0 Å². The SMILES string of the molecule is NS(=O)(=O)CCNC1CCCc2ccccc21. The largest absolute Gasteiger partial charge is 0.309 e. The molecular weight excluding hydrogens is 236 g/mol. The Kier molecular flexibility index (Phi) is 3.81. The Morgan fingerprint density at radius 2 is 2.12 bits per heavy atom. The van der Waals surface area contributed by atoms with Crippen LogP contribution in [0, 0.1) is 0 Å². The zero-order chi connectivity index (χ0) is 12.3. The summed E-state index contributed by atoms with van der Waals surface area (Å²) in [4.78, 5) is 0. The molecule has 3 N–H and O–H groups in total. The summed E-state index contributed by atoms with van der Waals surface area (Å²) < 4.78 is 21.7. The molecule has 4 nitrogen and oxygen atoms in total. The quantitative estimate of drug-likeness (QED) is 0.840. The van der Waals surface area contributed by atoms with Crippen molar-refractivity contribution in [2.45, 2.75) is 25.3 Å². The van der Waals surface area contributed by atoms with E-state index in [9.17, 15) is 8.42 Å². The van der Waals surface area contributed by atoms with Gasteiger partial charge in [-0.1, -0.05) is 24.3 Å². The Balaban J connectivity index is 1.99. The van der Waals surface area contributed by atoms with E-state index in [1.807, 2.05) is 12.1 Å². The monoisotopic (exact) mass is 254 g/mol. The molecule has 94 valence electrons. The Hall–Kier alpha value is -0.910. The van der Waals surface area contributed by atoms with Crippen LogP contribution in [0.3, 0.4) is 0 Å². The molecule has 0 saturated heterocycles. The third kappa shape index (κ3) is 3.52. The standard InChI is InChI=1S/C12H18N2O2S/c13-17(15,16)9-8-14-12-7-3-5-10-4-1-2-6-11(10)12/h1-2,4,6,12,14H,3,5,7-9H2,(H2,13,15,16). The van der Waals surface area contributed by atoms with Crippen molar-refractivity contribution in [3.05, 3.63) is 35.4 Å². The summed E-state index contributed by atoms with van der Waals surface area (Å²) in [5, 5.41) is 8.25. The first-order chi connectivity index (χ1) is 8.06. The minimum atomic E-state index is -3.36.